The van der Waals surface area contributed by atoms with Gasteiger partial charge < -0.3 is 9.73 Å². The number of amides is 1. The summed E-state index contributed by atoms with van der Waals surface area (Å²) in [7, 11) is 0. The molecule has 0 fully saturated rings. The van der Waals surface area contributed by atoms with Crippen molar-refractivity contribution in [2.45, 2.75) is 13.3 Å². The summed E-state index contributed by atoms with van der Waals surface area (Å²) in [4.78, 5) is 26.3. The SMILES string of the molecule is Cc1ccc(-c2nc(CC(=O)Nc3ccc(F)c([N+](=O)[O-])c3)cs2)o1. The molecular weight excluding hydrogens is 349 g/mol. The van der Waals surface area contributed by atoms with E-state index in [1.165, 1.54) is 17.4 Å². The average molecular weight is 361 g/mol. The summed E-state index contributed by atoms with van der Waals surface area (Å²) in [5, 5.41) is 15.6. The van der Waals surface area contributed by atoms with E-state index < -0.39 is 22.3 Å². The van der Waals surface area contributed by atoms with Crippen molar-refractivity contribution in [3.05, 3.63) is 63.1 Å². The highest BCUT2D eigenvalue weighted by atomic mass is 32.1. The summed E-state index contributed by atoms with van der Waals surface area (Å²) < 4.78 is 18.8. The molecule has 25 heavy (non-hydrogen) atoms. The third kappa shape index (κ3) is 3.89. The molecule has 0 saturated carbocycles. The van der Waals surface area contributed by atoms with Crippen LogP contribution in [0, 0.1) is 22.9 Å². The molecule has 1 N–H and O–H groups in total. The lowest BCUT2D eigenvalue weighted by Crippen LogP contribution is -2.14. The minimum atomic E-state index is -0.958. The second-order valence-corrected chi connectivity index (χ2v) is 6.06. The number of anilines is 1. The lowest BCUT2D eigenvalue weighted by Gasteiger charge is -2.04. The number of aryl methyl sites for hydroxylation is 1. The number of nitrogens with zero attached hydrogens (tertiary/aromatic N) is 2. The van der Waals surface area contributed by atoms with Gasteiger partial charge in [0.15, 0.2) is 10.8 Å². The van der Waals surface area contributed by atoms with Gasteiger partial charge in [-0.25, -0.2) is 4.98 Å². The minimum absolute atomic E-state index is 0.0125. The fraction of sp³-hybridized carbons (Fsp3) is 0.125. The Morgan fingerprint density at radius 3 is 2.88 bits per heavy atom. The van der Waals surface area contributed by atoms with Crippen LogP contribution in [0.4, 0.5) is 15.8 Å². The number of halogens is 1. The molecule has 0 saturated heterocycles. The van der Waals surface area contributed by atoms with Crippen LogP contribution in [-0.2, 0) is 11.2 Å². The Hall–Kier alpha value is -3.07. The molecule has 9 heteroatoms. The standard InChI is InChI=1S/C16H12FN3O4S/c1-9-2-5-14(24-9)16-19-11(8-25-16)7-15(21)18-10-3-4-12(17)13(6-10)20(22)23/h2-6,8H,7H2,1H3,(H,18,21). The second-order valence-electron chi connectivity index (χ2n) is 5.20. The highest BCUT2D eigenvalue weighted by molar-refractivity contribution is 7.13. The highest BCUT2D eigenvalue weighted by Gasteiger charge is 2.16. The Morgan fingerprint density at radius 2 is 2.20 bits per heavy atom. The first-order chi connectivity index (χ1) is 11.9. The zero-order chi connectivity index (χ0) is 18.0. The summed E-state index contributed by atoms with van der Waals surface area (Å²) >= 11 is 1.35. The molecule has 0 aliphatic carbocycles. The number of benzene rings is 1. The molecule has 0 radical (unpaired) electrons. The number of nitro groups is 1. The van der Waals surface area contributed by atoms with Crippen LogP contribution < -0.4 is 5.32 Å². The lowest BCUT2D eigenvalue weighted by molar-refractivity contribution is -0.387. The van der Waals surface area contributed by atoms with Gasteiger partial charge in [-0.2, -0.15) is 4.39 Å². The molecule has 3 rings (SSSR count). The number of rotatable bonds is 5. The van der Waals surface area contributed by atoms with Crippen LogP contribution in [0.2, 0.25) is 0 Å². The van der Waals surface area contributed by atoms with E-state index in [4.69, 9.17) is 4.42 Å². The van der Waals surface area contributed by atoms with Crippen LogP contribution in [0.5, 0.6) is 0 Å². The number of hydrogen-bond donors (Lipinski definition) is 1. The van der Waals surface area contributed by atoms with Crippen molar-refractivity contribution in [1.82, 2.24) is 4.98 Å². The molecule has 0 aliphatic rings. The Kier molecular flexibility index (Phi) is 4.57. The molecule has 0 atom stereocenters. The van der Waals surface area contributed by atoms with Crippen LogP contribution in [0.3, 0.4) is 0 Å². The van der Waals surface area contributed by atoms with Gasteiger partial charge in [-0.05, 0) is 31.2 Å². The molecular formula is C16H12FN3O4S. The zero-order valence-electron chi connectivity index (χ0n) is 13.0. The normalized spacial score (nSPS) is 10.6. The maximum absolute atomic E-state index is 13.3. The topological polar surface area (TPSA) is 98.3 Å². The van der Waals surface area contributed by atoms with Crippen molar-refractivity contribution in [2.75, 3.05) is 5.32 Å². The predicted octanol–water partition coefficient (Wildman–Crippen LogP) is 3.94. The smallest absolute Gasteiger partial charge is 0.306 e. The molecule has 1 amide bonds. The summed E-state index contributed by atoms with van der Waals surface area (Å²) in [6.45, 7) is 1.83. The predicted molar refractivity (Wildman–Crippen MR) is 89.9 cm³/mol. The van der Waals surface area contributed by atoms with E-state index in [0.717, 1.165) is 17.9 Å². The fourth-order valence-corrected chi connectivity index (χ4v) is 2.93. The van der Waals surface area contributed by atoms with Crippen LogP contribution in [0.1, 0.15) is 11.5 Å². The van der Waals surface area contributed by atoms with Crippen LogP contribution in [0.25, 0.3) is 10.8 Å². The summed E-state index contributed by atoms with van der Waals surface area (Å²) in [6, 6.07) is 6.80. The second kappa shape index (κ2) is 6.81. The van der Waals surface area contributed by atoms with E-state index in [2.05, 4.69) is 10.3 Å². The van der Waals surface area contributed by atoms with Crippen LogP contribution >= 0.6 is 11.3 Å². The van der Waals surface area contributed by atoms with Crippen molar-refractivity contribution in [3.63, 3.8) is 0 Å². The number of hydrogen-bond acceptors (Lipinski definition) is 6. The van der Waals surface area contributed by atoms with Crippen LogP contribution in [-0.4, -0.2) is 15.8 Å². The van der Waals surface area contributed by atoms with Gasteiger partial charge in [0.05, 0.1) is 17.0 Å². The molecule has 1 aromatic carbocycles. The van der Waals surface area contributed by atoms with Crippen molar-refractivity contribution in [2.24, 2.45) is 0 Å². The van der Waals surface area contributed by atoms with Gasteiger partial charge in [0.1, 0.15) is 5.76 Å². The number of nitrogens with one attached hydrogen (secondary N) is 1. The monoisotopic (exact) mass is 361 g/mol. The number of aromatic nitrogens is 1. The number of thiazole rings is 1. The Labute approximate surface area is 145 Å². The van der Waals surface area contributed by atoms with Crippen molar-refractivity contribution in [1.29, 1.82) is 0 Å². The van der Waals surface area contributed by atoms with E-state index in [-0.39, 0.29) is 12.1 Å². The summed E-state index contributed by atoms with van der Waals surface area (Å²) in [6.07, 6.45) is -0.0125. The first-order valence-electron chi connectivity index (χ1n) is 7.17. The van der Waals surface area contributed by atoms with E-state index in [1.807, 2.05) is 13.0 Å². The van der Waals surface area contributed by atoms with E-state index >= 15 is 0 Å². The van der Waals surface area contributed by atoms with Gasteiger partial charge in [-0.3, -0.25) is 14.9 Å². The first kappa shape index (κ1) is 16.8. The van der Waals surface area contributed by atoms with Crippen molar-refractivity contribution < 1.29 is 18.5 Å². The Bertz CT molecular complexity index is 951. The number of carbonyl (C=O) groups is 1. The molecule has 0 aliphatic heterocycles. The van der Waals surface area contributed by atoms with Gasteiger partial charge in [0.25, 0.3) is 0 Å². The largest absolute Gasteiger partial charge is 0.459 e. The van der Waals surface area contributed by atoms with E-state index in [0.29, 0.717) is 16.5 Å². The van der Waals surface area contributed by atoms with Crippen molar-refractivity contribution in [3.8, 4) is 10.8 Å². The van der Waals surface area contributed by atoms with Crippen LogP contribution in [0.15, 0.2) is 40.1 Å². The maximum Gasteiger partial charge on any atom is 0.306 e. The molecule has 2 aromatic heterocycles. The number of nitro benzene ring substituents is 1. The summed E-state index contributed by atoms with van der Waals surface area (Å²) in [5.74, 6) is 0.0278. The molecule has 0 bridgehead atoms. The Morgan fingerprint density at radius 1 is 1.40 bits per heavy atom. The van der Waals surface area contributed by atoms with Gasteiger partial charge in [0, 0.05) is 17.1 Å². The zero-order valence-corrected chi connectivity index (χ0v) is 13.8. The molecule has 0 unspecified atom stereocenters. The molecule has 3 aromatic rings. The minimum Gasteiger partial charge on any atom is -0.459 e. The molecule has 0 spiro atoms. The van der Waals surface area contributed by atoms with Crippen molar-refractivity contribution >= 4 is 28.6 Å². The van der Waals surface area contributed by atoms with Gasteiger partial charge in [-0.15, -0.1) is 11.3 Å². The molecule has 128 valence electrons. The summed E-state index contributed by atoms with van der Waals surface area (Å²) in [5.41, 5.74) is 0.000288. The van der Waals surface area contributed by atoms with Gasteiger partial charge >= 0.3 is 5.69 Å². The van der Waals surface area contributed by atoms with E-state index in [9.17, 15) is 19.3 Å². The number of carbonyl (C=O) groups excluding carboxylic acids is 1. The quantitative estimate of drug-likeness (QED) is 0.548. The Balaban J connectivity index is 1.68. The van der Waals surface area contributed by atoms with Gasteiger partial charge in [0.2, 0.25) is 11.7 Å². The third-order valence-electron chi connectivity index (χ3n) is 3.27. The fourth-order valence-electron chi connectivity index (χ4n) is 2.15. The average Bonchev–Trinajstić information content (AvgIpc) is 3.17. The lowest BCUT2D eigenvalue weighted by atomic mass is 10.2. The van der Waals surface area contributed by atoms with E-state index in [1.54, 1.807) is 11.4 Å². The molecule has 7 nitrogen and oxygen atoms in total. The molecule has 2 heterocycles. The highest BCUT2D eigenvalue weighted by Crippen LogP contribution is 2.26. The first-order valence-corrected chi connectivity index (χ1v) is 8.05. The maximum atomic E-state index is 13.3. The third-order valence-corrected chi connectivity index (χ3v) is 4.18. The van der Waals surface area contributed by atoms with Gasteiger partial charge in [-0.1, -0.05) is 0 Å². The number of furan rings is 1.